The Hall–Kier alpha value is -0.860. The molecule has 0 unspecified atom stereocenters. The van der Waals surface area contributed by atoms with E-state index in [1.807, 2.05) is 0 Å². The number of hydrogen-bond acceptors (Lipinski definition) is 2. The normalized spacial score (nSPS) is 25.1. The van der Waals surface area contributed by atoms with Crippen LogP contribution in [-0.2, 0) is 5.54 Å². The van der Waals surface area contributed by atoms with Crippen molar-refractivity contribution in [3.63, 3.8) is 0 Å². The molecule has 0 aromatic heterocycles. The van der Waals surface area contributed by atoms with E-state index in [0.717, 1.165) is 6.54 Å². The molecule has 0 atom stereocenters. The number of hydrogen-bond donors (Lipinski definition) is 1. The Morgan fingerprint density at radius 3 is 2.29 bits per heavy atom. The van der Waals surface area contributed by atoms with Gasteiger partial charge in [-0.3, -0.25) is 5.43 Å². The minimum Gasteiger partial charge on any atom is -0.253 e. The lowest BCUT2D eigenvalue weighted by atomic mass is 9.71. The fourth-order valence-corrected chi connectivity index (χ4v) is 2.56. The standard InChI is InChI=1S/C12H16N2/c1-2-5-11(6-3-1)12(7-4-8-12)14-10-9-13-14/h1-3,5-6,13H,4,7-10H2. The zero-order valence-corrected chi connectivity index (χ0v) is 8.37. The number of nitrogens with zero attached hydrogens (tertiary/aromatic N) is 1. The highest BCUT2D eigenvalue weighted by Gasteiger charge is 2.45. The first-order chi connectivity index (χ1) is 6.92. The van der Waals surface area contributed by atoms with Crippen LogP contribution in [0.3, 0.4) is 0 Å². The van der Waals surface area contributed by atoms with Crippen molar-refractivity contribution in [3.05, 3.63) is 35.9 Å². The monoisotopic (exact) mass is 188 g/mol. The number of hydrazine groups is 1. The molecule has 2 fully saturated rings. The zero-order chi connectivity index (χ0) is 9.43. The molecule has 1 N–H and O–H groups in total. The van der Waals surface area contributed by atoms with Crippen molar-refractivity contribution in [3.8, 4) is 0 Å². The highest BCUT2D eigenvalue weighted by atomic mass is 15.6. The second-order valence-corrected chi connectivity index (χ2v) is 4.31. The lowest BCUT2D eigenvalue weighted by Gasteiger charge is -2.54. The van der Waals surface area contributed by atoms with Gasteiger partial charge in [-0.05, 0) is 24.8 Å². The second kappa shape index (κ2) is 3.07. The first-order valence-corrected chi connectivity index (χ1v) is 5.48. The van der Waals surface area contributed by atoms with Crippen molar-refractivity contribution in [1.82, 2.24) is 10.4 Å². The first kappa shape index (κ1) is 8.45. The topological polar surface area (TPSA) is 15.3 Å². The molecule has 1 aromatic carbocycles. The molecule has 0 radical (unpaired) electrons. The van der Waals surface area contributed by atoms with Gasteiger partial charge in [-0.25, -0.2) is 5.01 Å². The average molecular weight is 188 g/mol. The maximum absolute atomic E-state index is 3.42. The van der Waals surface area contributed by atoms with Gasteiger partial charge < -0.3 is 0 Å². The van der Waals surface area contributed by atoms with Gasteiger partial charge >= 0.3 is 0 Å². The van der Waals surface area contributed by atoms with E-state index in [4.69, 9.17) is 0 Å². The van der Waals surface area contributed by atoms with Gasteiger partial charge in [0.15, 0.2) is 0 Å². The van der Waals surface area contributed by atoms with Crippen molar-refractivity contribution in [2.45, 2.75) is 24.8 Å². The molecule has 2 nitrogen and oxygen atoms in total. The predicted octanol–water partition coefficient (Wildman–Crippen LogP) is 1.89. The first-order valence-electron chi connectivity index (χ1n) is 5.48. The van der Waals surface area contributed by atoms with Crippen LogP contribution in [0.4, 0.5) is 0 Å². The lowest BCUT2D eigenvalue weighted by Crippen LogP contribution is -2.66. The summed E-state index contributed by atoms with van der Waals surface area (Å²) >= 11 is 0. The van der Waals surface area contributed by atoms with Crippen LogP contribution >= 0.6 is 0 Å². The van der Waals surface area contributed by atoms with Crippen molar-refractivity contribution in [2.75, 3.05) is 13.1 Å². The molecule has 0 spiro atoms. The minimum absolute atomic E-state index is 0.333. The summed E-state index contributed by atoms with van der Waals surface area (Å²) < 4.78 is 0. The molecule has 74 valence electrons. The predicted molar refractivity (Wildman–Crippen MR) is 56.7 cm³/mol. The number of benzene rings is 1. The molecular weight excluding hydrogens is 172 g/mol. The van der Waals surface area contributed by atoms with Crippen LogP contribution in [0.25, 0.3) is 0 Å². The summed E-state index contributed by atoms with van der Waals surface area (Å²) in [6.07, 6.45) is 3.99. The molecule has 2 heteroatoms. The van der Waals surface area contributed by atoms with Gasteiger partial charge in [0.2, 0.25) is 0 Å². The van der Waals surface area contributed by atoms with Gasteiger partial charge in [0, 0.05) is 13.1 Å². The summed E-state index contributed by atoms with van der Waals surface area (Å²) in [4.78, 5) is 0. The van der Waals surface area contributed by atoms with E-state index in [0.29, 0.717) is 5.54 Å². The second-order valence-electron chi connectivity index (χ2n) is 4.31. The third-order valence-electron chi connectivity index (χ3n) is 3.65. The molecule has 2 aliphatic rings. The quantitative estimate of drug-likeness (QED) is 0.762. The maximum Gasteiger partial charge on any atom is 0.0603 e. The Morgan fingerprint density at radius 2 is 1.86 bits per heavy atom. The molecule has 1 aliphatic heterocycles. The summed E-state index contributed by atoms with van der Waals surface area (Å²) in [6.45, 7) is 2.35. The lowest BCUT2D eigenvalue weighted by molar-refractivity contribution is -0.0784. The van der Waals surface area contributed by atoms with Crippen molar-refractivity contribution in [1.29, 1.82) is 0 Å². The van der Waals surface area contributed by atoms with Crippen LogP contribution in [0.5, 0.6) is 0 Å². The van der Waals surface area contributed by atoms with E-state index in [2.05, 4.69) is 40.8 Å². The molecule has 0 amide bonds. The Balaban J connectivity index is 1.93. The molecule has 1 aliphatic carbocycles. The fourth-order valence-electron chi connectivity index (χ4n) is 2.56. The van der Waals surface area contributed by atoms with Gasteiger partial charge in [-0.1, -0.05) is 30.3 Å². The van der Waals surface area contributed by atoms with E-state index in [-0.39, 0.29) is 0 Å². The Labute approximate surface area is 84.9 Å². The number of nitrogens with one attached hydrogen (secondary N) is 1. The van der Waals surface area contributed by atoms with E-state index in [1.54, 1.807) is 0 Å². The van der Waals surface area contributed by atoms with Gasteiger partial charge in [0.1, 0.15) is 0 Å². The van der Waals surface area contributed by atoms with Crippen molar-refractivity contribution >= 4 is 0 Å². The summed E-state index contributed by atoms with van der Waals surface area (Å²) in [5, 5.41) is 2.42. The summed E-state index contributed by atoms with van der Waals surface area (Å²) in [6, 6.07) is 10.9. The van der Waals surface area contributed by atoms with Gasteiger partial charge in [0.05, 0.1) is 5.54 Å². The van der Waals surface area contributed by atoms with Crippen molar-refractivity contribution in [2.24, 2.45) is 0 Å². The maximum atomic E-state index is 3.42. The molecule has 1 saturated carbocycles. The summed E-state index contributed by atoms with van der Waals surface area (Å²) in [5.74, 6) is 0. The van der Waals surface area contributed by atoms with E-state index in [1.165, 1.54) is 31.4 Å². The minimum atomic E-state index is 0.333. The van der Waals surface area contributed by atoms with Crippen LogP contribution < -0.4 is 5.43 Å². The zero-order valence-electron chi connectivity index (χ0n) is 8.37. The fraction of sp³-hybridized carbons (Fsp3) is 0.500. The molecule has 1 heterocycles. The third kappa shape index (κ3) is 1.04. The molecule has 3 rings (SSSR count). The Morgan fingerprint density at radius 1 is 1.14 bits per heavy atom. The summed E-state index contributed by atoms with van der Waals surface area (Å²) in [5.41, 5.74) is 5.24. The van der Waals surface area contributed by atoms with Gasteiger partial charge in [0.25, 0.3) is 0 Å². The van der Waals surface area contributed by atoms with E-state index >= 15 is 0 Å². The van der Waals surface area contributed by atoms with Crippen molar-refractivity contribution < 1.29 is 0 Å². The highest BCUT2D eigenvalue weighted by molar-refractivity contribution is 5.27. The van der Waals surface area contributed by atoms with Crippen LogP contribution in [0.15, 0.2) is 30.3 Å². The number of rotatable bonds is 2. The van der Waals surface area contributed by atoms with Crippen LogP contribution in [-0.4, -0.2) is 18.1 Å². The molecule has 1 saturated heterocycles. The highest BCUT2D eigenvalue weighted by Crippen LogP contribution is 2.46. The average Bonchev–Trinajstić information content (AvgIpc) is 2.09. The van der Waals surface area contributed by atoms with Crippen LogP contribution in [0.2, 0.25) is 0 Å². The van der Waals surface area contributed by atoms with E-state index < -0.39 is 0 Å². The molecular formula is C12H16N2. The Kier molecular flexibility index (Phi) is 1.85. The third-order valence-corrected chi connectivity index (χ3v) is 3.65. The SMILES string of the molecule is c1ccc(C2(N3CCN3)CCC2)cc1. The van der Waals surface area contributed by atoms with Crippen LogP contribution in [0.1, 0.15) is 24.8 Å². The Bertz CT molecular complexity index is 312. The largest absolute Gasteiger partial charge is 0.253 e. The van der Waals surface area contributed by atoms with Crippen LogP contribution in [0, 0.1) is 0 Å². The molecule has 1 aromatic rings. The summed E-state index contributed by atoms with van der Waals surface area (Å²) in [7, 11) is 0. The smallest absolute Gasteiger partial charge is 0.0603 e. The molecule has 14 heavy (non-hydrogen) atoms. The van der Waals surface area contributed by atoms with Gasteiger partial charge in [-0.2, -0.15) is 0 Å². The van der Waals surface area contributed by atoms with Gasteiger partial charge in [-0.15, -0.1) is 0 Å². The van der Waals surface area contributed by atoms with E-state index in [9.17, 15) is 0 Å². The molecule has 0 bridgehead atoms.